The highest BCUT2D eigenvalue weighted by molar-refractivity contribution is 5.94. The number of aryl methyl sites for hydroxylation is 2. The molecule has 0 bridgehead atoms. The van der Waals surface area contributed by atoms with Gasteiger partial charge in [-0.25, -0.2) is 14.1 Å². The van der Waals surface area contributed by atoms with E-state index in [4.69, 9.17) is 0 Å². The summed E-state index contributed by atoms with van der Waals surface area (Å²) in [6, 6.07) is 5.57. The zero-order valence-corrected chi connectivity index (χ0v) is 14.7. The molecule has 5 nitrogen and oxygen atoms in total. The summed E-state index contributed by atoms with van der Waals surface area (Å²) in [6.07, 6.45) is 4.51. The van der Waals surface area contributed by atoms with Crippen LogP contribution in [0.25, 0.3) is 5.82 Å². The van der Waals surface area contributed by atoms with E-state index in [9.17, 15) is 9.18 Å². The second-order valence-electron chi connectivity index (χ2n) is 7.35. The molecule has 1 aliphatic heterocycles. The summed E-state index contributed by atoms with van der Waals surface area (Å²) in [5.41, 5.74) is 1.43. The average molecular weight is 342 g/mol. The van der Waals surface area contributed by atoms with Gasteiger partial charge in [0.05, 0.1) is 11.3 Å². The van der Waals surface area contributed by atoms with Gasteiger partial charge in [-0.15, -0.1) is 0 Å². The van der Waals surface area contributed by atoms with Crippen LogP contribution in [0.3, 0.4) is 0 Å². The van der Waals surface area contributed by atoms with E-state index in [0.717, 1.165) is 24.2 Å². The normalized spacial score (nSPS) is 19.9. The van der Waals surface area contributed by atoms with Crippen molar-refractivity contribution in [3.8, 4) is 5.82 Å². The van der Waals surface area contributed by atoms with Crippen LogP contribution in [-0.4, -0.2) is 44.3 Å². The summed E-state index contributed by atoms with van der Waals surface area (Å²) in [7, 11) is 0. The molecule has 1 aliphatic carbocycles. The topological polar surface area (TPSA) is 51.0 Å². The van der Waals surface area contributed by atoms with E-state index >= 15 is 0 Å². The zero-order chi connectivity index (χ0) is 17.6. The van der Waals surface area contributed by atoms with Gasteiger partial charge in [0.2, 0.25) is 0 Å². The molecule has 2 aromatic rings. The predicted octanol–water partition coefficient (Wildman–Crippen LogP) is 3.24. The third kappa shape index (κ3) is 3.05. The van der Waals surface area contributed by atoms with Crippen molar-refractivity contribution in [3.63, 3.8) is 0 Å². The third-order valence-electron chi connectivity index (χ3n) is 5.41. The first kappa shape index (κ1) is 16.2. The van der Waals surface area contributed by atoms with E-state index in [0.29, 0.717) is 37.3 Å². The molecule has 2 aromatic heterocycles. The molecule has 3 heterocycles. The second-order valence-corrected chi connectivity index (χ2v) is 7.35. The summed E-state index contributed by atoms with van der Waals surface area (Å²) in [5, 5.41) is 4.40. The number of nitrogens with zero attached hydrogens (tertiary/aromatic N) is 4. The Morgan fingerprint density at radius 1 is 1.24 bits per heavy atom. The monoisotopic (exact) mass is 342 g/mol. The largest absolute Gasteiger partial charge is 0.338 e. The first-order chi connectivity index (χ1) is 12.0. The van der Waals surface area contributed by atoms with Crippen molar-refractivity contribution < 1.29 is 9.18 Å². The predicted molar refractivity (Wildman–Crippen MR) is 92.5 cm³/mol. The molecule has 6 heteroatoms. The van der Waals surface area contributed by atoms with Crippen LogP contribution in [0.2, 0.25) is 0 Å². The molecule has 4 rings (SSSR count). The van der Waals surface area contributed by atoms with Crippen LogP contribution in [0.15, 0.2) is 24.4 Å². The standard InChI is InChI=1S/C19H23FN4O/c1-13-11-14(2)24(22-13)17-6-3-15(12-21-17)18(25)23-9-7-19(20,8-10-23)16-4-5-16/h3,6,11-12,16H,4-5,7-10H2,1-2H3. The minimum Gasteiger partial charge on any atom is -0.338 e. The first-order valence-corrected chi connectivity index (χ1v) is 8.94. The van der Waals surface area contributed by atoms with Gasteiger partial charge in [-0.05, 0) is 63.6 Å². The summed E-state index contributed by atoms with van der Waals surface area (Å²) in [5.74, 6) is 0.856. The summed E-state index contributed by atoms with van der Waals surface area (Å²) in [6.45, 7) is 4.89. The number of piperidine rings is 1. The summed E-state index contributed by atoms with van der Waals surface area (Å²) in [4.78, 5) is 18.8. The number of carbonyl (C=O) groups is 1. The number of likely N-dealkylation sites (tertiary alicyclic amines) is 1. The summed E-state index contributed by atoms with van der Waals surface area (Å²) < 4.78 is 16.5. The maximum absolute atomic E-state index is 14.7. The lowest BCUT2D eigenvalue weighted by Gasteiger charge is -2.36. The van der Waals surface area contributed by atoms with Crippen LogP contribution in [0, 0.1) is 19.8 Å². The average Bonchev–Trinajstić information content (AvgIpc) is 3.41. The Morgan fingerprint density at radius 2 is 1.96 bits per heavy atom. The van der Waals surface area contributed by atoms with Crippen LogP contribution in [0.4, 0.5) is 4.39 Å². The molecule has 0 spiro atoms. The Morgan fingerprint density at radius 3 is 2.48 bits per heavy atom. The van der Waals surface area contributed by atoms with Crippen LogP contribution < -0.4 is 0 Å². The van der Waals surface area contributed by atoms with E-state index in [2.05, 4.69) is 10.1 Å². The van der Waals surface area contributed by atoms with Gasteiger partial charge >= 0.3 is 0 Å². The van der Waals surface area contributed by atoms with Gasteiger partial charge in [-0.3, -0.25) is 4.79 Å². The maximum atomic E-state index is 14.7. The minimum absolute atomic E-state index is 0.0646. The Balaban J connectivity index is 1.45. The SMILES string of the molecule is Cc1cc(C)n(-c2ccc(C(=O)N3CCC(F)(C4CC4)CC3)cn2)n1. The molecule has 132 valence electrons. The van der Waals surface area contributed by atoms with E-state index < -0.39 is 5.67 Å². The molecule has 1 saturated heterocycles. The fourth-order valence-corrected chi connectivity index (χ4v) is 3.77. The molecule has 2 fully saturated rings. The Kier molecular flexibility index (Phi) is 3.85. The smallest absolute Gasteiger partial charge is 0.255 e. The molecule has 2 aliphatic rings. The van der Waals surface area contributed by atoms with E-state index in [1.807, 2.05) is 19.9 Å². The number of amides is 1. The molecule has 0 unspecified atom stereocenters. The van der Waals surface area contributed by atoms with Crippen molar-refractivity contribution in [1.82, 2.24) is 19.7 Å². The highest BCUT2D eigenvalue weighted by atomic mass is 19.1. The quantitative estimate of drug-likeness (QED) is 0.860. The molecule has 0 radical (unpaired) electrons. The van der Waals surface area contributed by atoms with Crippen molar-refractivity contribution in [3.05, 3.63) is 41.3 Å². The molecule has 25 heavy (non-hydrogen) atoms. The molecular weight excluding hydrogens is 319 g/mol. The number of hydrogen-bond acceptors (Lipinski definition) is 3. The van der Waals surface area contributed by atoms with E-state index in [-0.39, 0.29) is 11.8 Å². The molecule has 0 aromatic carbocycles. The van der Waals surface area contributed by atoms with Crippen LogP contribution >= 0.6 is 0 Å². The van der Waals surface area contributed by atoms with Gasteiger partial charge in [0.15, 0.2) is 5.82 Å². The number of alkyl halides is 1. The van der Waals surface area contributed by atoms with Crippen molar-refractivity contribution in [2.45, 2.75) is 45.2 Å². The fraction of sp³-hybridized carbons (Fsp3) is 0.526. The van der Waals surface area contributed by atoms with Crippen molar-refractivity contribution >= 4 is 5.91 Å². The molecule has 1 saturated carbocycles. The number of rotatable bonds is 3. The lowest BCUT2D eigenvalue weighted by atomic mass is 9.88. The minimum atomic E-state index is -1.05. The molecular formula is C19H23FN4O. The zero-order valence-electron chi connectivity index (χ0n) is 14.7. The molecule has 0 N–H and O–H groups in total. The lowest BCUT2D eigenvalue weighted by molar-refractivity contribution is 0.0329. The van der Waals surface area contributed by atoms with Crippen molar-refractivity contribution in [2.75, 3.05) is 13.1 Å². The lowest BCUT2D eigenvalue weighted by Crippen LogP contribution is -2.45. The van der Waals surface area contributed by atoms with Gasteiger partial charge in [-0.2, -0.15) is 5.10 Å². The molecule has 1 amide bonds. The van der Waals surface area contributed by atoms with E-state index in [1.54, 1.807) is 27.9 Å². The number of hydrogen-bond donors (Lipinski definition) is 0. The van der Waals surface area contributed by atoms with Gasteiger partial charge in [0.1, 0.15) is 5.67 Å². The Hall–Kier alpha value is -2.24. The van der Waals surface area contributed by atoms with Crippen LogP contribution in [-0.2, 0) is 0 Å². The van der Waals surface area contributed by atoms with Crippen LogP contribution in [0.1, 0.15) is 47.4 Å². The fourth-order valence-electron chi connectivity index (χ4n) is 3.77. The highest BCUT2D eigenvalue weighted by Crippen LogP contribution is 2.47. The summed E-state index contributed by atoms with van der Waals surface area (Å²) >= 11 is 0. The highest BCUT2D eigenvalue weighted by Gasteiger charge is 2.47. The van der Waals surface area contributed by atoms with Crippen molar-refractivity contribution in [1.29, 1.82) is 0 Å². The van der Waals surface area contributed by atoms with Gasteiger partial charge in [-0.1, -0.05) is 0 Å². The van der Waals surface area contributed by atoms with E-state index in [1.165, 1.54) is 0 Å². The number of pyridine rings is 1. The van der Waals surface area contributed by atoms with Crippen molar-refractivity contribution in [2.24, 2.45) is 5.92 Å². The number of halogens is 1. The maximum Gasteiger partial charge on any atom is 0.255 e. The second kappa shape index (κ2) is 5.93. The van der Waals surface area contributed by atoms with Gasteiger partial charge < -0.3 is 4.90 Å². The number of aromatic nitrogens is 3. The van der Waals surface area contributed by atoms with Gasteiger partial charge in [0, 0.05) is 25.0 Å². The first-order valence-electron chi connectivity index (χ1n) is 8.94. The Labute approximate surface area is 146 Å². The molecule has 0 atom stereocenters. The Bertz CT molecular complexity index is 786. The third-order valence-corrected chi connectivity index (χ3v) is 5.41. The van der Waals surface area contributed by atoms with Gasteiger partial charge in [0.25, 0.3) is 5.91 Å². The van der Waals surface area contributed by atoms with Crippen LogP contribution in [0.5, 0.6) is 0 Å². The number of carbonyl (C=O) groups excluding carboxylic acids is 1.